The molecule has 0 fully saturated rings. The Bertz CT molecular complexity index is 993. The van der Waals surface area contributed by atoms with Crippen LogP contribution in [0.15, 0.2) is 47.4 Å². The van der Waals surface area contributed by atoms with Gasteiger partial charge >= 0.3 is 0 Å². The third-order valence-corrected chi connectivity index (χ3v) is 6.01. The van der Waals surface area contributed by atoms with E-state index in [9.17, 15) is 13.2 Å². The molecule has 2 aromatic rings. The Labute approximate surface area is 152 Å². The number of nitrogens with zero attached hydrogens (tertiary/aromatic N) is 1. The Morgan fingerprint density at radius 2 is 2.08 bits per heavy atom. The summed E-state index contributed by atoms with van der Waals surface area (Å²) in [4.78, 5) is 12.3. The molecule has 1 aliphatic rings. The Balaban J connectivity index is 2.01. The second kappa shape index (κ2) is 7.10. The van der Waals surface area contributed by atoms with Crippen molar-refractivity contribution in [2.75, 3.05) is 24.5 Å². The van der Waals surface area contributed by atoms with E-state index in [-0.39, 0.29) is 22.8 Å². The summed E-state index contributed by atoms with van der Waals surface area (Å²) in [5.41, 5.74) is 1.77. The molecule has 0 unspecified atom stereocenters. The summed E-state index contributed by atoms with van der Waals surface area (Å²) in [7, 11) is -2.38. The highest BCUT2D eigenvalue weighted by molar-refractivity contribution is 7.92. The lowest BCUT2D eigenvalue weighted by molar-refractivity contribution is 0.0955. The second-order valence-corrected chi connectivity index (χ2v) is 7.57. The van der Waals surface area contributed by atoms with Gasteiger partial charge in [0.05, 0.1) is 29.8 Å². The molecule has 26 heavy (non-hydrogen) atoms. The second-order valence-electron chi connectivity index (χ2n) is 5.70. The number of anilines is 1. The number of sulfonamides is 1. The van der Waals surface area contributed by atoms with Gasteiger partial charge in [-0.25, -0.2) is 8.42 Å². The van der Waals surface area contributed by atoms with Crippen molar-refractivity contribution in [3.8, 4) is 18.1 Å². The third-order valence-electron chi connectivity index (χ3n) is 4.20. The molecule has 1 heterocycles. The summed E-state index contributed by atoms with van der Waals surface area (Å²) >= 11 is 0. The summed E-state index contributed by atoms with van der Waals surface area (Å²) in [5.74, 6) is 2.10. The van der Waals surface area contributed by atoms with Gasteiger partial charge in [-0.15, -0.1) is 6.42 Å². The molecular formula is C19H18N2O4S. The standard InChI is InChI=1S/C19H18N2O4S/c1-3-11-20-19(22)16-13-15(8-9-18(16)25-2)26(23,24)21-12-10-14-6-4-5-7-17(14)21/h1,4-9,13H,10-12H2,2H3,(H,20,22). The van der Waals surface area contributed by atoms with E-state index in [4.69, 9.17) is 11.2 Å². The van der Waals surface area contributed by atoms with Crippen molar-refractivity contribution >= 4 is 21.6 Å². The summed E-state index contributed by atoms with van der Waals surface area (Å²) in [5, 5.41) is 2.52. The van der Waals surface area contributed by atoms with Crippen LogP contribution >= 0.6 is 0 Å². The van der Waals surface area contributed by atoms with Gasteiger partial charge in [0, 0.05) is 6.54 Å². The fourth-order valence-electron chi connectivity index (χ4n) is 2.94. The molecular weight excluding hydrogens is 352 g/mol. The van der Waals surface area contributed by atoms with Crippen LogP contribution in [0.2, 0.25) is 0 Å². The van der Waals surface area contributed by atoms with E-state index in [2.05, 4.69) is 11.2 Å². The van der Waals surface area contributed by atoms with Gasteiger partial charge in [0.1, 0.15) is 5.75 Å². The fraction of sp³-hybridized carbons (Fsp3) is 0.211. The highest BCUT2D eigenvalue weighted by Gasteiger charge is 2.31. The zero-order valence-corrected chi connectivity index (χ0v) is 15.0. The molecule has 134 valence electrons. The van der Waals surface area contributed by atoms with Crippen LogP contribution in [0, 0.1) is 12.3 Å². The lowest BCUT2D eigenvalue weighted by atomic mass is 10.2. The van der Waals surface area contributed by atoms with Gasteiger partial charge < -0.3 is 10.1 Å². The quantitative estimate of drug-likeness (QED) is 0.815. The van der Waals surface area contributed by atoms with Crippen LogP contribution in [0.3, 0.4) is 0 Å². The first-order chi connectivity index (χ1) is 12.5. The largest absolute Gasteiger partial charge is 0.496 e. The maximum atomic E-state index is 13.1. The van der Waals surface area contributed by atoms with Crippen molar-refractivity contribution in [2.45, 2.75) is 11.3 Å². The zero-order chi connectivity index (χ0) is 18.7. The molecule has 0 saturated heterocycles. The molecule has 0 atom stereocenters. The van der Waals surface area contributed by atoms with Crippen molar-refractivity contribution < 1.29 is 17.9 Å². The Morgan fingerprint density at radius 1 is 1.31 bits per heavy atom. The van der Waals surface area contributed by atoms with Crippen molar-refractivity contribution in [1.29, 1.82) is 0 Å². The number of carbonyl (C=O) groups is 1. The maximum Gasteiger partial charge on any atom is 0.264 e. The highest BCUT2D eigenvalue weighted by atomic mass is 32.2. The predicted octanol–water partition coefficient (Wildman–Crippen LogP) is 1.81. The monoisotopic (exact) mass is 370 g/mol. The van der Waals surface area contributed by atoms with E-state index in [1.807, 2.05) is 12.1 Å². The molecule has 1 N–H and O–H groups in total. The average Bonchev–Trinajstić information content (AvgIpc) is 3.10. The van der Waals surface area contributed by atoms with Crippen LogP contribution in [0.5, 0.6) is 5.75 Å². The van der Waals surface area contributed by atoms with E-state index < -0.39 is 15.9 Å². The lowest BCUT2D eigenvalue weighted by Gasteiger charge is -2.20. The number of nitrogens with one attached hydrogen (secondary N) is 1. The zero-order valence-electron chi connectivity index (χ0n) is 14.2. The van der Waals surface area contributed by atoms with Crippen LogP contribution in [0.4, 0.5) is 5.69 Å². The van der Waals surface area contributed by atoms with Gasteiger partial charge in [-0.2, -0.15) is 0 Å². The number of hydrogen-bond donors (Lipinski definition) is 1. The van der Waals surface area contributed by atoms with E-state index in [0.717, 1.165) is 5.56 Å². The molecule has 0 aromatic heterocycles. The molecule has 3 rings (SSSR count). The average molecular weight is 370 g/mol. The topological polar surface area (TPSA) is 75.7 Å². The summed E-state index contributed by atoms with van der Waals surface area (Å²) in [6.07, 6.45) is 5.81. The molecule has 0 aliphatic carbocycles. The van der Waals surface area contributed by atoms with Gasteiger partial charge in [-0.05, 0) is 36.2 Å². The Hall–Kier alpha value is -2.98. The number of fused-ring (bicyclic) bond motifs is 1. The summed E-state index contributed by atoms with van der Waals surface area (Å²) in [6.45, 7) is 0.408. The third kappa shape index (κ3) is 3.11. The van der Waals surface area contributed by atoms with Crippen LogP contribution in [0.25, 0.3) is 0 Å². The molecule has 7 heteroatoms. The van der Waals surface area contributed by atoms with Crippen molar-refractivity contribution in [3.05, 3.63) is 53.6 Å². The maximum absolute atomic E-state index is 13.1. The number of benzene rings is 2. The number of para-hydroxylation sites is 1. The number of ether oxygens (including phenoxy) is 1. The molecule has 0 saturated carbocycles. The van der Waals surface area contributed by atoms with Crippen molar-refractivity contribution in [2.24, 2.45) is 0 Å². The molecule has 0 bridgehead atoms. The minimum atomic E-state index is -3.80. The number of amides is 1. The number of methoxy groups -OCH3 is 1. The van der Waals surface area contributed by atoms with Gasteiger partial charge in [0.15, 0.2) is 0 Å². The van der Waals surface area contributed by atoms with Gasteiger partial charge in [0.25, 0.3) is 15.9 Å². The minimum absolute atomic E-state index is 0.0286. The molecule has 1 amide bonds. The molecule has 0 spiro atoms. The van der Waals surface area contributed by atoms with Crippen LogP contribution in [-0.4, -0.2) is 34.5 Å². The smallest absolute Gasteiger partial charge is 0.264 e. The Kier molecular flexibility index (Phi) is 4.87. The van der Waals surface area contributed by atoms with Crippen LogP contribution in [-0.2, 0) is 16.4 Å². The van der Waals surface area contributed by atoms with Crippen LogP contribution in [0.1, 0.15) is 15.9 Å². The molecule has 0 radical (unpaired) electrons. The number of rotatable bonds is 5. The summed E-state index contributed by atoms with van der Waals surface area (Å²) in [6, 6.07) is 11.6. The Morgan fingerprint density at radius 3 is 2.81 bits per heavy atom. The molecule has 1 aliphatic heterocycles. The summed E-state index contributed by atoms with van der Waals surface area (Å²) < 4.78 is 32.8. The van der Waals surface area contributed by atoms with Crippen molar-refractivity contribution in [1.82, 2.24) is 5.32 Å². The van der Waals surface area contributed by atoms with Gasteiger partial charge in [-0.1, -0.05) is 24.1 Å². The first kappa shape index (κ1) is 17.8. The van der Waals surface area contributed by atoms with E-state index in [0.29, 0.717) is 18.7 Å². The normalized spacial score (nSPS) is 13.0. The minimum Gasteiger partial charge on any atom is -0.496 e. The van der Waals surface area contributed by atoms with Gasteiger partial charge in [0.2, 0.25) is 0 Å². The van der Waals surface area contributed by atoms with E-state index in [1.54, 1.807) is 12.1 Å². The van der Waals surface area contributed by atoms with Crippen LogP contribution < -0.4 is 14.4 Å². The van der Waals surface area contributed by atoms with Gasteiger partial charge in [-0.3, -0.25) is 9.10 Å². The molecule has 2 aromatic carbocycles. The number of terminal acetylenes is 1. The first-order valence-corrected chi connectivity index (χ1v) is 9.43. The molecule has 6 nitrogen and oxygen atoms in total. The predicted molar refractivity (Wildman–Crippen MR) is 98.8 cm³/mol. The van der Waals surface area contributed by atoms with E-state index >= 15 is 0 Å². The first-order valence-electron chi connectivity index (χ1n) is 7.99. The number of hydrogen-bond acceptors (Lipinski definition) is 4. The van der Waals surface area contributed by atoms with Crippen molar-refractivity contribution in [3.63, 3.8) is 0 Å². The lowest BCUT2D eigenvalue weighted by Crippen LogP contribution is -2.30. The fourth-order valence-corrected chi connectivity index (χ4v) is 4.47. The SMILES string of the molecule is C#CCNC(=O)c1cc(S(=O)(=O)N2CCc3ccccc32)ccc1OC. The number of carbonyl (C=O) groups excluding carboxylic acids is 1. The van der Waals surface area contributed by atoms with E-state index in [1.165, 1.54) is 29.6 Å². The highest BCUT2D eigenvalue weighted by Crippen LogP contribution is 2.33.